The molecule has 25 heavy (non-hydrogen) atoms. The van der Waals surface area contributed by atoms with Gasteiger partial charge in [0.15, 0.2) is 0 Å². The molecule has 3 rings (SSSR count). The standard InChI is InChI=1S/C18H21N5OS/c1-5-15-14(10-19-23(15)13-8-6-12(4)7-9-13)16(24)20-18-22-21-17(25-18)11(2)3/h6-11H,5H2,1-4H3,(H,20,22,24). The van der Waals surface area contributed by atoms with Gasteiger partial charge in [0, 0.05) is 5.92 Å². The summed E-state index contributed by atoms with van der Waals surface area (Å²) in [5, 5.41) is 16.8. The Bertz CT molecular complexity index is 879. The number of nitrogens with zero attached hydrogens (tertiary/aromatic N) is 4. The van der Waals surface area contributed by atoms with Gasteiger partial charge in [-0.05, 0) is 25.5 Å². The molecule has 6 nitrogen and oxygen atoms in total. The first kappa shape index (κ1) is 17.3. The molecule has 0 bridgehead atoms. The fraction of sp³-hybridized carbons (Fsp3) is 0.333. The maximum Gasteiger partial charge on any atom is 0.260 e. The molecule has 0 aliphatic heterocycles. The highest BCUT2D eigenvalue weighted by Crippen LogP contribution is 2.24. The maximum atomic E-state index is 12.6. The number of hydrogen-bond donors (Lipinski definition) is 1. The van der Waals surface area contributed by atoms with E-state index in [2.05, 4.69) is 20.6 Å². The van der Waals surface area contributed by atoms with Gasteiger partial charge in [0.25, 0.3) is 5.91 Å². The van der Waals surface area contributed by atoms with Crippen LogP contribution in [0.5, 0.6) is 0 Å². The Labute approximate surface area is 150 Å². The second kappa shape index (κ2) is 7.14. The van der Waals surface area contributed by atoms with Gasteiger partial charge in [0.1, 0.15) is 5.01 Å². The molecule has 0 saturated heterocycles. The lowest BCUT2D eigenvalue weighted by Gasteiger charge is -2.08. The number of anilines is 1. The second-order valence-electron chi connectivity index (χ2n) is 6.16. The van der Waals surface area contributed by atoms with Gasteiger partial charge in [0.05, 0.1) is 23.1 Å². The summed E-state index contributed by atoms with van der Waals surface area (Å²) in [7, 11) is 0. The molecule has 0 aliphatic carbocycles. The molecule has 2 aromatic heterocycles. The third kappa shape index (κ3) is 3.61. The van der Waals surface area contributed by atoms with Gasteiger partial charge in [0.2, 0.25) is 5.13 Å². The monoisotopic (exact) mass is 355 g/mol. The number of carbonyl (C=O) groups excluding carboxylic acids is 1. The molecule has 0 spiro atoms. The van der Waals surface area contributed by atoms with Crippen molar-refractivity contribution in [3.63, 3.8) is 0 Å². The topological polar surface area (TPSA) is 72.7 Å². The smallest absolute Gasteiger partial charge is 0.260 e. The molecule has 7 heteroatoms. The second-order valence-corrected chi connectivity index (χ2v) is 7.17. The molecular weight excluding hydrogens is 334 g/mol. The normalized spacial score (nSPS) is 11.1. The van der Waals surface area contributed by atoms with Gasteiger partial charge in [-0.15, -0.1) is 10.2 Å². The summed E-state index contributed by atoms with van der Waals surface area (Å²) in [4.78, 5) is 12.6. The number of aryl methyl sites for hydroxylation is 1. The van der Waals surface area contributed by atoms with Crippen LogP contribution in [0.25, 0.3) is 5.69 Å². The van der Waals surface area contributed by atoms with Crippen LogP contribution < -0.4 is 5.32 Å². The average Bonchev–Trinajstić information content (AvgIpc) is 3.22. The van der Waals surface area contributed by atoms with Crippen LogP contribution in [0.3, 0.4) is 0 Å². The van der Waals surface area contributed by atoms with Crippen LogP contribution in [0.2, 0.25) is 0 Å². The van der Waals surface area contributed by atoms with Crippen LogP contribution in [-0.2, 0) is 6.42 Å². The maximum absolute atomic E-state index is 12.6. The van der Waals surface area contributed by atoms with E-state index in [0.29, 0.717) is 23.0 Å². The van der Waals surface area contributed by atoms with Crippen LogP contribution in [0.1, 0.15) is 53.3 Å². The van der Waals surface area contributed by atoms with E-state index in [9.17, 15) is 4.79 Å². The lowest BCUT2D eigenvalue weighted by Crippen LogP contribution is -2.14. The van der Waals surface area contributed by atoms with Crippen LogP contribution >= 0.6 is 11.3 Å². The zero-order valence-corrected chi connectivity index (χ0v) is 15.6. The third-order valence-electron chi connectivity index (χ3n) is 3.88. The molecule has 1 amide bonds. The number of benzene rings is 1. The third-order valence-corrected chi connectivity index (χ3v) is 5.02. The molecular formula is C18H21N5OS. The molecule has 0 atom stereocenters. The van der Waals surface area contributed by atoms with Crippen molar-refractivity contribution in [3.05, 3.63) is 52.3 Å². The number of rotatable bonds is 5. The summed E-state index contributed by atoms with van der Waals surface area (Å²) in [6, 6.07) is 8.07. The van der Waals surface area contributed by atoms with Crippen molar-refractivity contribution in [2.75, 3.05) is 5.32 Å². The molecule has 0 radical (unpaired) electrons. The Morgan fingerprint density at radius 3 is 2.56 bits per heavy atom. The lowest BCUT2D eigenvalue weighted by molar-refractivity contribution is 0.102. The van der Waals surface area contributed by atoms with Crippen molar-refractivity contribution in [1.82, 2.24) is 20.0 Å². The molecule has 0 unspecified atom stereocenters. The zero-order chi connectivity index (χ0) is 18.0. The van der Waals surface area contributed by atoms with Gasteiger partial charge in [-0.25, -0.2) is 4.68 Å². The van der Waals surface area contributed by atoms with E-state index in [1.54, 1.807) is 6.20 Å². The van der Waals surface area contributed by atoms with Crippen LogP contribution in [-0.4, -0.2) is 25.9 Å². The van der Waals surface area contributed by atoms with E-state index >= 15 is 0 Å². The summed E-state index contributed by atoms with van der Waals surface area (Å²) in [5.74, 6) is 0.0836. The van der Waals surface area contributed by atoms with Crippen molar-refractivity contribution < 1.29 is 4.79 Å². The SMILES string of the molecule is CCc1c(C(=O)Nc2nnc(C(C)C)s2)cnn1-c1ccc(C)cc1. The van der Waals surface area contributed by atoms with E-state index in [-0.39, 0.29) is 5.91 Å². The number of hydrogen-bond acceptors (Lipinski definition) is 5. The summed E-state index contributed by atoms with van der Waals surface area (Å²) in [6.07, 6.45) is 2.31. The van der Waals surface area contributed by atoms with Crippen molar-refractivity contribution in [1.29, 1.82) is 0 Å². The highest BCUT2D eigenvalue weighted by Gasteiger charge is 2.19. The summed E-state index contributed by atoms with van der Waals surface area (Å²) in [6.45, 7) is 8.15. The quantitative estimate of drug-likeness (QED) is 0.751. The molecule has 0 aliphatic rings. The number of aromatic nitrogens is 4. The molecule has 0 fully saturated rings. The lowest BCUT2D eigenvalue weighted by atomic mass is 10.2. The van der Waals surface area contributed by atoms with Crippen molar-refractivity contribution in [3.8, 4) is 5.69 Å². The van der Waals surface area contributed by atoms with E-state index in [4.69, 9.17) is 0 Å². The van der Waals surface area contributed by atoms with Gasteiger partial charge in [-0.3, -0.25) is 10.1 Å². The fourth-order valence-corrected chi connectivity index (χ4v) is 3.24. The van der Waals surface area contributed by atoms with E-state index in [1.165, 1.54) is 16.9 Å². The Morgan fingerprint density at radius 1 is 1.24 bits per heavy atom. The van der Waals surface area contributed by atoms with Crippen LogP contribution in [0.4, 0.5) is 5.13 Å². The Morgan fingerprint density at radius 2 is 1.96 bits per heavy atom. The van der Waals surface area contributed by atoms with E-state index < -0.39 is 0 Å². The minimum absolute atomic E-state index is 0.207. The number of amides is 1. The molecule has 1 aromatic carbocycles. The Balaban J connectivity index is 1.86. The van der Waals surface area contributed by atoms with E-state index in [0.717, 1.165) is 16.4 Å². The summed E-state index contributed by atoms with van der Waals surface area (Å²) in [5.41, 5.74) is 3.56. The summed E-state index contributed by atoms with van der Waals surface area (Å²) >= 11 is 1.40. The van der Waals surface area contributed by atoms with Gasteiger partial charge >= 0.3 is 0 Å². The number of nitrogens with one attached hydrogen (secondary N) is 1. The van der Waals surface area contributed by atoms with E-state index in [1.807, 2.05) is 56.6 Å². The summed E-state index contributed by atoms with van der Waals surface area (Å²) < 4.78 is 1.81. The molecule has 130 valence electrons. The van der Waals surface area contributed by atoms with Gasteiger partial charge in [-0.1, -0.05) is 49.8 Å². The van der Waals surface area contributed by atoms with Crippen LogP contribution in [0, 0.1) is 6.92 Å². The number of carbonyl (C=O) groups is 1. The Kier molecular flexibility index (Phi) is 4.94. The molecule has 1 N–H and O–H groups in total. The first-order chi connectivity index (χ1) is 12.0. The molecule has 0 saturated carbocycles. The minimum atomic E-state index is -0.207. The van der Waals surface area contributed by atoms with Crippen molar-refractivity contribution >= 4 is 22.4 Å². The highest BCUT2D eigenvalue weighted by atomic mass is 32.1. The molecule has 3 aromatic rings. The predicted molar refractivity (Wildman–Crippen MR) is 99.6 cm³/mol. The largest absolute Gasteiger partial charge is 0.296 e. The van der Waals surface area contributed by atoms with Gasteiger partial charge < -0.3 is 0 Å². The average molecular weight is 355 g/mol. The fourth-order valence-electron chi connectivity index (χ4n) is 2.49. The zero-order valence-electron chi connectivity index (χ0n) is 14.8. The Hall–Kier alpha value is -2.54. The van der Waals surface area contributed by atoms with Crippen molar-refractivity contribution in [2.24, 2.45) is 0 Å². The minimum Gasteiger partial charge on any atom is -0.296 e. The first-order valence-corrected chi connectivity index (χ1v) is 9.10. The molecule has 2 heterocycles. The van der Waals surface area contributed by atoms with Gasteiger partial charge in [-0.2, -0.15) is 5.10 Å². The highest BCUT2D eigenvalue weighted by molar-refractivity contribution is 7.15. The van der Waals surface area contributed by atoms with Crippen molar-refractivity contribution in [2.45, 2.75) is 40.0 Å². The first-order valence-electron chi connectivity index (χ1n) is 8.28. The predicted octanol–water partition coefficient (Wildman–Crippen LogP) is 3.97. The van der Waals surface area contributed by atoms with Crippen LogP contribution in [0.15, 0.2) is 30.5 Å².